The summed E-state index contributed by atoms with van der Waals surface area (Å²) in [4.78, 5) is 33.8. The number of aromatic nitrogens is 1. The molecule has 1 atom stereocenters. The van der Waals surface area contributed by atoms with E-state index < -0.39 is 6.04 Å². The van der Waals surface area contributed by atoms with Crippen LogP contribution in [0.4, 0.5) is 5.69 Å². The van der Waals surface area contributed by atoms with Gasteiger partial charge in [0.25, 0.3) is 5.91 Å². The van der Waals surface area contributed by atoms with Crippen LogP contribution in [0.25, 0.3) is 10.9 Å². The zero-order chi connectivity index (χ0) is 21.2. The number of hydrogen-bond acceptors (Lipinski definition) is 5. The number of rotatable bonds is 9. The lowest BCUT2D eigenvalue weighted by Gasteiger charge is -2.18. The lowest BCUT2D eigenvalue weighted by molar-refractivity contribution is -0.118. The van der Waals surface area contributed by atoms with E-state index in [0.29, 0.717) is 30.6 Å². The summed E-state index contributed by atoms with van der Waals surface area (Å²) in [5.41, 5.74) is 4.32. The van der Waals surface area contributed by atoms with E-state index in [1.54, 1.807) is 36.5 Å². The van der Waals surface area contributed by atoms with Crippen molar-refractivity contribution < 1.29 is 9.59 Å². The number of fused-ring (bicyclic) bond motifs is 1. The van der Waals surface area contributed by atoms with Gasteiger partial charge in [-0.25, -0.2) is 5.84 Å². The van der Waals surface area contributed by atoms with E-state index in [9.17, 15) is 9.59 Å². The number of anilines is 1. The summed E-state index contributed by atoms with van der Waals surface area (Å²) in [6, 6.07) is 17.4. The molecule has 8 nitrogen and oxygen atoms in total. The fourth-order valence-corrected chi connectivity index (χ4v) is 2.99. The first-order valence-corrected chi connectivity index (χ1v) is 9.63. The van der Waals surface area contributed by atoms with E-state index in [4.69, 9.17) is 5.84 Å². The van der Waals surface area contributed by atoms with Gasteiger partial charge in [-0.3, -0.25) is 19.6 Å². The van der Waals surface area contributed by atoms with E-state index in [1.807, 2.05) is 30.3 Å². The molecule has 0 radical (unpaired) electrons. The van der Waals surface area contributed by atoms with E-state index in [1.165, 1.54) is 6.34 Å². The number of carbonyl (C=O) groups is 2. The smallest absolute Gasteiger partial charge is 0.251 e. The van der Waals surface area contributed by atoms with Gasteiger partial charge < -0.3 is 16.1 Å². The van der Waals surface area contributed by atoms with Crippen LogP contribution in [0.5, 0.6) is 0 Å². The van der Waals surface area contributed by atoms with Crippen LogP contribution < -0.4 is 21.9 Å². The van der Waals surface area contributed by atoms with Crippen molar-refractivity contribution in [2.45, 2.75) is 18.9 Å². The fraction of sp³-hybridized carbons (Fsp3) is 0.182. The molecule has 2 amide bonds. The Morgan fingerprint density at radius 3 is 2.73 bits per heavy atom. The van der Waals surface area contributed by atoms with Crippen molar-refractivity contribution >= 4 is 34.7 Å². The molecule has 3 aromatic rings. The van der Waals surface area contributed by atoms with Crippen molar-refractivity contribution in [1.82, 2.24) is 15.7 Å². The second-order valence-corrected chi connectivity index (χ2v) is 6.64. The molecule has 0 bridgehead atoms. The van der Waals surface area contributed by atoms with Gasteiger partial charge in [-0.15, -0.1) is 0 Å². The van der Waals surface area contributed by atoms with Crippen molar-refractivity contribution in [3.05, 3.63) is 72.4 Å². The summed E-state index contributed by atoms with van der Waals surface area (Å²) < 4.78 is 0. The van der Waals surface area contributed by atoms with Gasteiger partial charge in [-0.05, 0) is 49.2 Å². The Morgan fingerprint density at radius 1 is 1.10 bits per heavy atom. The average Bonchev–Trinajstić information content (AvgIpc) is 2.78. The number of nitrogens with two attached hydrogens (primary N) is 1. The van der Waals surface area contributed by atoms with Crippen molar-refractivity contribution in [1.29, 1.82) is 0 Å². The van der Waals surface area contributed by atoms with Crippen LogP contribution in [0.15, 0.2) is 71.9 Å². The van der Waals surface area contributed by atoms with Crippen LogP contribution in [-0.2, 0) is 4.79 Å². The van der Waals surface area contributed by atoms with E-state index in [0.717, 1.165) is 10.9 Å². The summed E-state index contributed by atoms with van der Waals surface area (Å²) in [5.74, 6) is 4.56. The molecule has 0 aliphatic rings. The molecule has 2 aromatic carbocycles. The minimum atomic E-state index is -0.705. The number of nitrogens with one attached hydrogen (secondary N) is 3. The molecule has 0 unspecified atom stereocenters. The van der Waals surface area contributed by atoms with E-state index >= 15 is 0 Å². The summed E-state index contributed by atoms with van der Waals surface area (Å²) in [7, 11) is 0. The van der Waals surface area contributed by atoms with E-state index in [2.05, 4.69) is 26.0 Å². The first-order chi connectivity index (χ1) is 14.7. The molecule has 30 heavy (non-hydrogen) atoms. The third-order valence-electron chi connectivity index (χ3n) is 4.47. The van der Waals surface area contributed by atoms with Crippen LogP contribution in [0, 0.1) is 0 Å². The molecule has 0 spiro atoms. The highest BCUT2D eigenvalue weighted by molar-refractivity contribution is 6.01. The van der Waals surface area contributed by atoms with Crippen LogP contribution in [-0.4, -0.2) is 35.7 Å². The fourth-order valence-electron chi connectivity index (χ4n) is 2.99. The van der Waals surface area contributed by atoms with Gasteiger partial charge >= 0.3 is 0 Å². The van der Waals surface area contributed by atoms with Gasteiger partial charge in [0, 0.05) is 29.4 Å². The molecule has 0 aliphatic heterocycles. The van der Waals surface area contributed by atoms with Gasteiger partial charge in [0.2, 0.25) is 5.91 Å². The highest BCUT2D eigenvalue weighted by Gasteiger charge is 2.21. The molecule has 0 aliphatic carbocycles. The molecule has 1 aromatic heterocycles. The lowest BCUT2D eigenvalue weighted by Crippen LogP contribution is -2.43. The second-order valence-electron chi connectivity index (χ2n) is 6.64. The summed E-state index contributed by atoms with van der Waals surface area (Å²) >= 11 is 0. The van der Waals surface area contributed by atoms with Gasteiger partial charge in [0.1, 0.15) is 6.04 Å². The van der Waals surface area contributed by atoms with Gasteiger partial charge in [0.15, 0.2) is 0 Å². The van der Waals surface area contributed by atoms with Crippen LogP contribution in [0.1, 0.15) is 23.2 Å². The number of nitrogens with zero attached hydrogens (tertiary/aromatic N) is 2. The van der Waals surface area contributed by atoms with Gasteiger partial charge in [0.05, 0.1) is 11.9 Å². The quantitative estimate of drug-likeness (QED) is 0.143. The van der Waals surface area contributed by atoms with Crippen molar-refractivity contribution in [3.63, 3.8) is 0 Å². The molecule has 154 valence electrons. The van der Waals surface area contributed by atoms with Gasteiger partial charge in [-0.1, -0.05) is 24.3 Å². The standard InChI is InChI=1S/C22H24N6O2/c23-26-15-24-12-5-9-20(28-21(29)16-6-2-1-3-7-16)22(30)27-18-10-11-19-17(14-18)8-4-13-25-19/h1-4,6-8,10-11,13-15,20H,5,9,12,23H2,(H,24,26)(H,27,30)(H,28,29)/t20-/m0/s1. The van der Waals surface area contributed by atoms with Crippen LogP contribution in [0.3, 0.4) is 0 Å². The Morgan fingerprint density at radius 2 is 1.93 bits per heavy atom. The van der Waals surface area contributed by atoms with Crippen LogP contribution in [0.2, 0.25) is 0 Å². The lowest BCUT2D eigenvalue weighted by atomic mass is 10.1. The maximum atomic E-state index is 12.9. The molecule has 3 rings (SSSR count). The maximum Gasteiger partial charge on any atom is 0.251 e. The van der Waals surface area contributed by atoms with Crippen LogP contribution >= 0.6 is 0 Å². The molecule has 0 saturated heterocycles. The third-order valence-corrected chi connectivity index (χ3v) is 4.47. The summed E-state index contributed by atoms with van der Waals surface area (Å²) in [5, 5.41) is 6.64. The molecule has 5 N–H and O–H groups in total. The second kappa shape index (κ2) is 10.7. The third kappa shape index (κ3) is 5.86. The Kier molecular flexibility index (Phi) is 7.45. The maximum absolute atomic E-state index is 12.9. The first kappa shape index (κ1) is 20.9. The Labute approximate surface area is 174 Å². The minimum Gasteiger partial charge on any atom is -0.340 e. The normalized spacial score (nSPS) is 11.9. The number of benzene rings is 2. The first-order valence-electron chi connectivity index (χ1n) is 9.63. The summed E-state index contributed by atoms with van der Waals surface area (Å²) in [6.45, 7) is 0.483. The topological polar surface area (TPSA) is 121 Å². The number of amides is 2. The number of carbonyl (C=O) groups excluding carboxylic acids is 2. The molecule has 8 heteroatoms. The monoisotopic (exact) mass is 404 g/mol. The zero-order valence-electron chi connectivity index (χ0n) is 16.4. The number of hydrogen-bond donors (Lipinski definition) is 4. The van der Waals surface area contributed by atoms with Crippen molar-refractivity contribution in [2.75, 3.05) is 11.9 Å². The highest BCUT2D eigenvalue weighted by Crippen LogP contribution is 2.17. The highest BCUT2D eigenvalue weighted by atomic mass is 16.2. The van der Waals surface area contributed by atoms with Crippen molar-refractivity contribution in [2.24, 2.45) is 10.8 Å². The molecule has 1 heterocycles. The Balaban J connectivity index is 1.70. The number of aliphatic imine (C=N–C) groups is 1. The Hall–Kier alpha value is -3.78. The molecule has 0 saturated carbocycles. The van der Waals surface area contributed by atoms with Crippen molar-refractivity contribution in [3.8, 4) is 0 Å². The molecular formula is C22H24N6O2. The Bertz CT molecular complexity index is 1020. The predicted octanol–water partition coefficient (Wildman–Crippen LogP) is 2.24. The molecule has 0 fully saturated rings. The predicted molar refractivity (Wildman–Crippen MR) is 118 cm³/mol. The minimum absolute atomic E-state index is 0.288. The zero-order valence-corrected chi connectivity index (χ0v) is 16.4. The molecular weight excluding hydrogens is 380 g/mol. The SMILES string of the molecule is NNC=NCCC[C@H](NC(=O)c1ccccc1)C(=O)Nc1ccc2ncccc2c1. The number of hydrazine groups is 1. The van der Waals surface area contributed by atoms with Gasteiger partial charge in [-0.2, -0.15) is 0 Å². The summed E-state index contributed by atoms with van der Waals surface area (Å²) in [6.07, 6.45) is 4.15. The largest absolute Gasteiger partial charge is 0.340 e. The number of pyridine rings is 1. The van der Waals surface area contributed by atoms with E-state index in [-0.39, 0.29) is 11.8 Å². The average molecular weight is 404 g/mol.